The van der Waals surface area contributed by atoms with Crippen LogP contribution < -0.4 is 10.9 Å². The molecule has 1 N–H and O–H groups in total. The fourth-order valence-corrected chi connectivity index (χ4v) is 2.60. The summed E-state index contributed by atoms with van der Waals surface area (Å²) in [7, 11) is 1.76. The molecule has 3 aromatic rings. The van der Waals surface area contributed by atoms with Crippen LogP contribution in [0.1, 0.15) is 30.8 Å². The first-order valence-electron chi connectivity index (χ1n) is 7.74. The maximum Gasteiger partial charge on any atom is 0.267 e. The fourth-order valence-electron chi connectivity index (χ4n) is 2.60. The molecule has 0 fully saturated rings. The third-order valence-corrected chi connectivity index (χ3v) is 3.95. The lowest BCUT2D eigenvalue weighted by Crippen LogP contribution is -2.27. The first-order chi connectivity index (χ1) is 11.0. The normalized spacial score (nSPS) is 11.5. The second-order valence-corrected chi connectivity index (χ2v) is 6.11. The number of rotatable bonds is 4. The van der Waals surface area contributed by atoms with Gasteiger partial charge in [0.15, 0.2) is 0 Å². The molecule has 6 heteroatoms. The molecule has 0 aliphatic carbocycles. The van der Waals surface area contributed by atoms with Crippen molar-refractivity contribution in [1.29, 1.82) is 0 Å². The minimum Gasteiger partial charge on any atom is -0.351 e. The van der Waals surface area contributed by atoms with Gasteiger partial charge in [-0.25, -0.2) is 4.98 Å². The Balaban J connectivity index is 2.04. The molecule has 3 rings (SSSR count). The molecule has 3 heterocycles. The van der Waals surface area contributed by atoms with Crippen molar-refractivity contribution >= 4 is 22.6 Å². The lowest BCUT2D eigenvalue weighted by molar-refractivity contribution is 0.0944. The van der Waals surface area contributed by atoms with Gasteiger partial charge >= 0.3 is 0 Å². The van der Waals surface area contributed by atoms with Crippen molar-refractivity contribution in [3.63, 3.8) is 0 Å². The van der Waals surface area contributed by atoms with E-state index in [2.05, 4.69) is 24.1 Å². The van der Waals surface area contributed by atoms with E-state index in [0.717, 1.165) is 6.42 Å². The quantitative estimate of drug-likeness (QED) is 0.801. The Morgan fingerprint density at radius 2 is 2.13 bits per heavy atom. The number of carbonyl (C=O) groups is 1. The summed E-state index contributed by atoms with van der Waals surface area (Å²) < 4.78 is 3.16. The summed E-state index contributed by atoms with van der Waals surface area (Å²) in [4.78, 5) is 29.4. The number of carbonyl (C=O) groups excluding carboxylic acids is 1. The van der Waals surface area contributed by atoms with Gasteiger partial charge in [0.05, 0.1) is 5.39 Å². The molecule has 6 nitrogen and oxygen atoms in total. The van der Waals surface area contributed by atoms with Crippen LogP contribution in [0.4, 0.5) is 0 Å². The molecular weight excluding hydrogens is 292 g/mol. The average Bonchev–Trinajstić information content (AvgIpc) is 2.85. The lowest BCUT2D eigenvalue weighted by atomic mass is 10.1. The molecule has 3 aromatic heterocycles. The van der Waals surface area contributed by atoms with E-state index < -0.39 is 0 Å². The molecule has 0 aromatic carbocycles. The number of pyridine rings is 1. The zero-order valence-electron chi connectivity index (χ0n) is 13.5. The van der Waals surface area contributed by atoms with Crippen LogP contribution in [0.3, 0.4) is 0 Å². The Morgan fingerprint density at radius 1 is 1.35 bits per heavy atom. The second kappa shape index (κ2) is 5.87. The minimum absolute atomic E-state index is 0.164. The van der Waals surface area contributed by atoms with Gasteiger partial charge in [0.25, 0.3) is 11.5 Å². The largest absolute Gasteiger partial charge is 0.351 e. The van der Waals surface area contributed by atoms with E-state index in [9.17, 15) is 9.59 Å². The number of aromatic nitrogens is 3. The van der Waals surface area contributed by atoms with Crippen LogP contribution in [0, 0.1) is 5.92 Å². The molecule has 0 aliphatic heterocycles. The molecule has 0 saturated carbocycles. The van der Waals surface area contributed by atoms with Gasteiger partial charge in [-0.15, -0.1) is 0 Å². The smallest absolute Gasteiger partial charge is 0.267 e. The summed E-state index contributed by atoms with van der Waals surface area (Å²) in [5.41, 5.74) is 1.37. The van der Waals surface area contributed by atoms with Gasteiger partial charge in [-0.1, -0.05) is 19.9 Å². The first kappa shape index (κ1) is 15.3. The highest BCUT2D eigenvalue weighted by Gasteiger charge is 2.17. The average molecular weight is 312 g/mol. The van der Waals surface area contributed by atoms with Crippen LogP contribution in [0.2, 0.25) is 0 Å². The number of nitrogens with zero attached hydrogens (tertiary/aromatic N) is 3. The van der Waals surface area contributed by atoms with Crippen LogP contribution in [0.15, 0.2) is 35.3 Å². The molecule has 0 unspecified atom stereocenters. The van der Waals surface area contributed by atoms with E-state index in [1.54, 1.807) is 36.0 Å². The summed E-state index contributed by atoms with van der Waals surface area (Å²) in [6.07, 6.45) is 2.60. The van der Waals surface area contributed by atoms with E-state index in [1.807, 2.05) is 6.07 Å². The molecule has 0 atom stereocenters. The van der Waals surface area contributed by atoms with Crippen LogP contribution in [0.5, 0.6) is 0 Å². The minimum atomic E-state index is -0.181. The Bertz CT molecular complexity index is 937. The Hall–Kier alpha value is -2.63. The van der Waals surface area contributed by atoms with Crippen molar-refractivity contribution in [1.82, 2.24) is 19.3 Å². The van der Waals surface area contributed by atoms with Crippen molar-refractivity contribution in [3.8, 4) is 0 Å². The maximum atomic E-state index is 12.6. The third-order valence-electron chi connectivity index (χ3n) is 3.95. The lowest BCUT2D eigenvalue weighted by Gasteiger charge is -2.07. The van der Waals surface area contributed by atoms with Gasteiger partial charge in [-0.2, -0.15) is 0 Å². The molecule has 23 heavy (non-hydrogen) atoms. The van der Waals surface area contributed by atoms with Crippen molar-refractivity contribution in [2.24, 2.45) is 13.0 Å². The van der Waals surface area contributed by atoms with E-state index >= 15 is 0 Å². The predicted molar refractivity (Wildman–Crippen MR) is 89.7 cm³/mol. The maximum absolute atomic E-state index is 12.6. The molecule has 0 bridgehead atoms. The molecule has 0 saturated heterocycles. The van der Waals surface area contributed by atoms with Gasteiger partial charge < -0.3 is 9.88 Å². The highest BCUT2D eigenvalue weighted by molar-refractivity contribution is 5.98. The zero-order valence-corrected chi connectivity index (χ0v) is 13.5. The molecule has 1 amide bonds. The van der Waals surface area contributed by atoms with Crippen molar-refractivity contribution in [2.75, 3.05) is 6.54 Å². The molecule has 120 valence electrons. The van der Waals surface area contributed by atoms with Crippen LogP contribution in [-0.4, -0.2) is 26.4 Å². The molecule has 0 spiro atoms. The zero-order chi connectivity index (χ0) is 16.6. The molecule has 0 radical (unpaired) electrons. The fraction of sp³-hybridized carbons (Fsp3) is 0.353. The first-order valence-corrected chi connectivity index (χ1v) is 7.74. The topological polar surface area (TPSA) is 68.4 Å². The Labute approximate surface area is 133 Å². The Morgan fingerprint density at radius 3 is 2.87 bits per heavy atom. The number of hydrogen-bond donors (Lipinski definition) is 1. The van der Waals surface area contributed by atoms with E-state index in [-0.39, 0.29) is 11.5 Å². The number of nitrogens with one attached hydrogen (secondary N) is 1. The molecular formula is C17H20N4O2. The van der Waals surface area contributed by atoms with E-state index in [1.165, 1.54) is 4.40 Å². The van der Waals surface area contributed by atoms with E-state index in [0.29, 0.717) is 34.8 Å². The van der Waals surface area contributed by atoms with Gasteiger partial charge in [-0.3, -0.25) is 14.0 Å². The number of fused-ring (bicyclic) bond motifs is 2. The Kier molecular flexibility index (Phi) is 3.90. The van der Waals surface area contributed by atoms with E-state index in [4.69, 9.17) is 0 Å². The molecule has 0 aliphatic rings. The van der Waals surface area contributed by atoms with Gasteiger partial charge in [0.2, 0.25) is 0 Å². The van der Waals surface area contributed by atoms with Crippen molar-refractivity contribution in [3.05, 3.63) is 46.5 Å². The summed E-state index contributed by atoms with van der Waals surface area (Å²) in [6.45, 7) is 4.84. The van der Waals surface area contributed by atoms with Gasteiger partial charge in [-0.05, 0) is 30.5 Å². The highest BCUT2D eigenvalue weighted by atomic mass is 16.2. The van der Waals surface area contributed by atoms with Crippen LogP contribution >= 0.6 is 0 Å². The summed E-state index contributed by atoms with van der Waals surface area (Å²) in [5, 5.41) is 3.35. The van der Waals surface area contributed by atoms with Crippen LogP contribution in [0.25, 0.3) is 16.7 Å². The second-order valence-electron chi connectivity index (χ2n) is 6.11. The highest BCUT2D eigenvalue weighted by Crippen LogP contribution is 2.14. The third kappa shape index (κ3) is 2.72. The number of hydrogen-bond acceptors (Lipinski definition) is 3. The van der Waals surface area contributed by atoms with Crippen molar-refractivity contribution in [2.45, 2.75) is 20.3 Å². The summed E-state index contributed by atoms with van der Waals surface area (Å²) in [5.74, 6) is 0.346. The predicted octanol–water partition coefficient (Wildman–Crippen LogP) is 1.96. The van der Waals surface area contributed by atoms with Gasteiger partial charge in [0, 0.05) is 19.8 Å². The number of amides is 1. The standard InChI is InChI=1S/C17H20N4O2/c1-11(2)7-8-18-16(22)13-10-12-15(20(13)3)19-14-6-4-5-9-21(14)17(12)23/h4-6,9-11H,7-8H2,1-3H3,(H,18,22). The van der Waals surface area contributed by atoms with Crippen molar-refractivity contribution < 1.29 is 4.79 Å². The summed E-state index contributed by atoms with van der Waals surface area (Å²) >= 11 is 0. The summed E-state index contributed by atoms with van der Waals surface area (Å²) in [6, 6.07) is 7.01. The van der Waals surface area contributed by atoms with Gasteiger partial charge in [0.1, 0.15) is 17.0 Å². The van der Waals surface area contributed by atoms with Crippen LogP contribution in [-0.2, 0) is 7.05 Å². The monoisotopic (exact) mass is 312 g/mol. The SMILES string of the molecule is CC(C)CCNC(=O)c1cc2c(=O)n3ccccc3nc2n1C. The number of aryl methyl sites for hydroxylation is 1.